The molecular weight excluding hydrogens is 256 g/mol. The van der Waals surface area contributed by atoms with E-state index in [9.17, 15) is 9.59 Å². The Balaban J connectivity index is 2.59. The normalized spacial score (nSPS) is 13.7. The zero-order valence-corrected chi connectivity index (χ0v) is 10.6. The Kier molecular flexibility index (Phi) is 5.12. The van der Waals surface area contributed by atoms with E-state index in [4.69, 9.17) is 22.4 Å². The zero-order chi connectivity index (χ0) is 13.7. The van der Waals surface area contributed by atoms with Crippen molar-refractivity contribution in [2.45, 2.75) is 25.4 Å². The molecule has 2 unspecified atom stereocenters. The smallest absolute Gasteiger partial charge is 0.305 e. The van der Waals surface area contributed by atoms with E-state index in [0.29, 0.717) is 5.02 Å². The van der Waals surface area contributed by atoms with Crippen molar-refractivity contribution in [1.29, 1.82) is 0 Å². The second kappa shape index (κ2) is 6.37. The van der Waals surface area contributed by atoms with Crippen LogP contribution in [0.15, 0.2) is 24.3 Å². The van der Waals surface area contributed by atoms with E-state index in [1.54, 1.807) is 31.2 Å². The second-order valence-electron chi connectivity index (χ2n) is 3.99. The van der Waals surface area contributed by atoms with E-state index in [0.717, 1.165) is 5.56 Å². The number of carbonyl (C=O) groups excluding carboxylic acids is 1. The monoisotopic (exact) mass is 270 g/mol. The highest BCUT2D eigenvalue weighted by Gasteiger charge is 2.19. The van der Waals surface area contributed by atoms with Crippen molar-refractivity contribution < 1.29 is 14.7 Å². The topological polar surface area (TPSA) is 92.4 Å². The van der Waals surface area contributed by atoms with Gasteiger partial charge in [-0.2, -0.15) is 0 Å². The molecule has 1 aromatic rings. The number of carbonyl (C=O) groups is 2. The summed E-state index contributed by atoms with van der Waals surface area (Å²) in [6.07, 6.45) is -0.390. The minimum Gasteiger partial charge on any atom is -0.481 e. The molecule has 5 nitrogen and oxygen atoms in total. The van der Waals surface area contributed by atoms with Crippen LogP contribution < -0.4 is 11.1 Å². The van der Waals surface area contributed by atoms with Gasteiger partial charge in [0.15, 0.2) is 0 Å². The molecule has 0 fully saturated rings. The molecular formula is C12H15ClN2O3. The third kappa shape index (κ3) is 4.35. The number of aliphatic carboxylic acids is 1. The van der Waals surface area contributed by atoms with Crippen LogP contribution in [0.5, 0.6) is 0 Å². The van der Waals surface area contributed by atoms with Crippen LogP contribution >= 0.6 is 11.6 Å². The van der Waals surface area contributed by atoms with Crippen LogP contribution in [0.25, 0.3) is 0 Å². The Hall–Kier alpha value is -1.59. The van der Waals surface area contributed by atoms with Crippen LogP contribution in [0, 0.1) is 0 Å². The van der Waals surface area contributed by atoms with Gasteiger partial charge in [0.2, 0.25) is 5.91 Å². The average molecular weight is 271 g/mol. The summed E-state index contributed by atoms with van der Waals surface area (Å²) in [6.45, 7) is 1.79. The molecule has 4 N–H and O–H groups in total. The molecule has 0 spiro atoms. The Morgan fingerprint density at radius 3 is 2.44 bits per heavy atom. The van der Waals surface area contributed by atoms with Crippen LogP contribution in [0.4, 0.5) is 0 Å². The number of amides is 1. The first-order chi connectivity index (χ1) is 8.40. The minimum atomic E-state index is -1.10. The number of nitrogens with one attached hydrogen (secondary N) is 1. The predicted molar refractivity (Wildman–Crippen MR) is 68.2 cm³/mol. The molecule has 0 bridgehead atoms. The SMILES string of the molecule is CC(NC(=O)C(N)CC(=O)O)c1ccc(Cl)cc1. The molecule has 98 valence electrons. The van der Waals surface area contributed by atoms with Gasteiger partial charge in [0.25, 0.3) is 0 Å². The van der Waals surface area contributed by atoms with E-state index in [1.165, 1.54) is 0 Å². The van der Waals surface area contributed by atoms with E-state index in [2.05, 4.69) is 5.32 Å². The van der Waals surface area contributed by atoms with Crippen molar-refractivity contribution >= 4 is 23.5 Å². The molecule has 0 radical (unpaired) electrons. The molecule has 2 atom stereocenters. The van der Waals surface area contributed by atoms with E-state index in [-0.39, 0.29) is 12.5 Å². The fraction of sp³-hybridized carbons (Fsp3) is 0.333. The highest BCUT2D eigenvalue weighted by molar-refractivity contribution is 6.30. The van der Waals surface area contributed by atoms with Crippen molar-refractivity contribution in [1.82, 2.24) is 5.32 Å². The first-order valence-corrected chi connectivity index (χ1v) is 5.81. The molecule has 0 aromatic heterocycles. The Morgan fingerprint density at radius 2 is 1.94 bits per heavy atom. The van der Waals surface area contributed by atoms with Gasteiger partial charge < -0.3 is 16.2 Å². The number of rotatable bonds is 5. The highest BCUT2D eigenvalue weighted by Crippen LogP contribution is 2.16. The van der Waals surface area contributed by atoms with Gasteiger partial charge in [-0.3, -0.25) is 9.59 Å². The van der Waals surface area contributed by atoms with E-state index >= 15 is 0 Å². The fourth-order valence-corrected chi connectivity index (χ4v) is 1.56. The van der Waals surface area contributed by atoms with Crippen molar-refractivity contribution in [3.8, 4) is 0 Å². The van der Waals surface area contributed by atoms with Gasteiger partial charge in [-0.15, -0.1) is 0 Å². The molecule has 1 rings (SSSR count). The van der Waals surface area contributed by atoms with Crippen molar-refractivity contribution in [2.75, 3.05) is 0 Å². The van der Waals surface area contributed by atoms with Crippen molar-refractivity contribution in [2.24, 2.45) is 5.73 Å². The number of benzene rings is 1. The third-order valence-electron chi connectivity index (χ3n) is 2.46. The highest BCUT2D eigenvalue weighted by atomic mass is 35.5. The summed E-state index contributed by atoms with van der Waals surface area (Å²) in [5.74, 6) is -1.59. The van der Waals surface area contributed by atoms with Crippen LogP contribution in [0.2, 0.25) is 5.02 Å². The summed E-state index contributed by atoms with van der Waals surface area (Å²) in [6, 6.07) is 5.71. The summed E-state index contributed by atoms with van der Waals surface area (Å²) >= 11 is 5.76. The number of carboxylic acid groups (broad SMARTS) is 1. The molecule has 0 saturated heterocycles. The second-order valence-corrected chi connectivity index (χ2v) is 4.42. The standard InChI is InChI=1S/C12H15ClN2O3/c1-7(8-2-4-9(13)5-3-8)15-12(18)10(14)6-11(16)17/h2-5,7,10H,6,14H2,1H3,(H,15,18)(H,16,17). The molecule has 0 aliphatic rings. The molecule has 1 aromatic carbocycles. The van der Waals surface area contributed by atoms with E-state index < -0.39 is 17.9 Å². The van der Waals surface area contributed by atoms with Gasteiger partial charge in [0.1, 0.15) is 0 Å². The lowest BCUT2D eigenvalue weighted by Gasteiger charge is -2.17. The predicted octanol–water partition coefficient (Wildman–Crippen LogP) is 1.32. The fourth-order valence-electron chi connectivity index (χ4n) is 1.44. The molecule has 6 heteroatoms. The van der Waals surface area contributed by atoms with Gasteiger partial charge in [-0.25, -0.2) is 0 Å². The molecule has 18 heavy (non-hydrogen) atoms. The molecule has 0 heterocycles. The average Bonchev–Trinajstić information content (AvgIpc) is 2.28. The lowest BCUT2D eigenvalue weighted by molar-refractivity contribution is -0.139. The lowest BCUT2D eigenvalue weighted by Crippen LogP contribution is -2.42. The first-order valence-electron chi connectivity index (χ1n) is 5.43. The van der Waals surface area contributed by atoms with E-state index in [1.807, 2.05) is 0 Å². The Bertz CT molecular complexity index is 433. The van der Waals surface area contributed by atoms with Gasteiger partial charge in [0.05, 0.1) is 18.5 Å². The number of halogens is 1. The summed E-state index contributed by atoms with van der Waals surface area (Å²) in [7, 11) is 0. The summed E-state index contributed by atoms with van der Waals surface area (Å²) in [5, 5.41) is 11.8. The number of carboxylic acids is 1. The maximum absolute atomic E-state index is 11.6. The lowest BCUT2D eigenvalue weighted by atomic mass is 10.1. The summed E-state index contributed by atoms with van der Waals surface area (Å²) in [5.41, 5.74) is 6.33. The number of hydrogen-bond donors (Lipinski definition) is 3. The van der Waals surface area contributed by atoms with Crippen molar-refractivity contribution in [3.63, 3.8) is 0 Å². The zero-order valence-electron chi connectivity index (χ0n) is 9.89. The quantitative estimate of drug-likeness (QED) is 0.752. The Labute approximate surface area is 110 Å². The van der Waals surface area contributed by atoms with Crippen LogP contribution in [0.3, 0.4) is 0 Å². The Morgan fingerprint density at radius 1 is 1.39 bits per heavy atom. The molecule has 1 amide bonds. The molecule has 0 aliphatic heterocycles. The van der Waals surface area contributed by atoms with Gasteiger partial charge >= 0.3 is 5.97 Å². The number of hydrogen-bond acceptors (Lipinski definition) is 3. The molecule has 0 saturated carbocycles. The van der Waals surface area contributed by atoms with Gasteiger partial charge in [-0.05, 0) is 24.6 Å². The first kappa shape index (κ1) is 14.5. The minimum absolute atomic E-state index is 0.255. The van der Waals surface area contributed by atoms with Crippen LogP contribution in [0.1, 0.15) is 24.9 Å². The third-order valence-corrected chi connectivity index (χ3v) is 2.71. The summed E-state index contributed by atoms with van der Waals surface area (Å²) < 4.78 is 0. The van der Waals surface area contributed by atoms with Gasteiger partial charge in [-0.1, -0.05) is 23.7 Å². The number of nitrogens with two attached hydrogens (primary N) is 1. The van der Waals surface area contributed by atoms with Crippen LogP contribution in [-0.2, 0) is 9.59 Å². The van der Waals surface area contributed by atoms with Gasteiger partial charge in [0, 0.05) is 5.02 Å². The maximum Gasteiger partial charge on any atom is 0.305 e. The summed E-state index contributed by atoms with van der Waals surface area (Å²) in [4.78, 5) is 22.0. The maximum atomic E-state index is 11.6. The largest absolute Gasteiger partial charge is 0.481 e. The van der Waals surface area contributed by atoms with Crippen LogP contribution in [-0.4, -0.2) is 23.0 Å². The molecule has 0 aliphatic carbocycles. The van der Waals surface area contributed by atoms with Crippen molar-refractivity contribution in [3.05, 3.63) is 34.9 Å².